The van der Waals surface area contributed by atoms with Gasteiger partial charge in [-0.25, -0.2) is 0 Å². The molecular formula is C21H25N3O7. The highest BCUT2D eigenvalue weighted by molar-refractivity contribution is 6.01. The lowest BCUT2D eigenvalue weighted by Gasteiger charge is -2.32. The van der Waals surface area contributed by atoms with Crippen LogP contribution < -0.4 is 19.7 Å². The molecule has 2 unspecified atom stereocenters. The van der Waals surface area contributed by atoms with Crippen LogP contribution in [-0.2, 0) is 19.2 Å². The van der Waals surface area contributed by atoms with Crippen LogP contribution in [-0.4, -0.2) is 66.2 Å². The third-order valence-electron chi connectivity index (χ3n) is 6.05. The third-order valence-corrected chi connectivity index (χ3v) is 6.05. The first-order valence-electron chi connectivity index (χ1n) is 10.4. The second-order valence-corrected chi connectivity index (χ2v) is 8.11. The molecule has 3 aliphatic heterocycles. The molecule has 0 bridgehead atoms. The number of anilines is 1. The lowest BCUT2D eigenvalue weighted by Crippen LogP contribution is -2.51. The molecule has 3 heterocycles. The number of benzene rings is 1. The van der Waals surface area contributed by atoms with Gasteiger partial charge in [-0.1, -0.05) is 0 Å². The second kappa shape index (κ2) is 8.44. The number of carbonyl (C=O) groups excluding carboxylic acids is 3. The molecule has 0 radical (unpaired) electrons. The molecule has 10 heteroatoms. The first-order valence-corrected chi connectivity index (χ1v) is 10.4. The van der Waals surface area contributed by atoms with Crippen LogP contribution in [0.5, 0.6) is 11.5 Å². The summed E-state index contributed by atoms with van der Waals surface area (Å²) in [5.74, 6) is -1.42. The number of ether oxygens (including phenoxy) is 2. The van der Waals surface area contributed by atoms with Crippen molar-refractivity contribution in [2.24, 2.45) is 11.8 Å². The summed E-state index contributed by atoms with van der Waals surface area (Å²) in [4.78, 5) is 52.0. The number of hydrogen-bond donors (Lipinski definition) is 2. The number of carbonyl (C=O) groups is 4. The van der Waals surface area contributed by atoms with Gasteiger partial charge in [-0.05, 0) is 31.9 Å². The zero-order valence-corrected chi connectivity index (χ0v) is 17.2. The molecule has 0 spiro atoms. The van der Waals surface area contributed by atoms with E-state index in [2.05, 4.69) is 5.32 Å². The molecule has 10 nitrogen and oxygen atoms in total. The maximum absolute atomic E-state index is 12.7. The third kappa shape index (κ3) is 4.28. The number of carboxylic acid groups (broad SMARTS) is 1. The highest BCUT2D eigenvalue weighted by atomic mass is 16.7. The van der Waals surface area contributed by atoms with Crippen LogP contribution in [0.15, 0.2) is 18.2 Å². The van der Waals surface area contributed by atoms with Crippen molar-refractivity contribution < 1.29 is 33.8 Å². The first kappa shape index (κ1) is 21.0. The van der Waals surface area contributed by atoms with Crippen molar-refractivity contribution in [1.82, 2.24) is 10.2 Å². The van der Waals surface area contributed by atoms with E-state index in [1.54, 1.807) is 30.0 Å². The fourth-order valence-corrected chi connectivity index (χ4v) is 4.20. The van der Waals surface area contributed by atoms with Crippen LogP contribution in [0.25, 0.3) is 0 Å². The molecule has 31 heavy (non-hydrogen) atoms. The number of nitrogens with one attached hydrogen (secondary N) is 1. The van der Waals surface area contributed by atoms with Gasteiger partial charge in [0.25, 0.3) is 0 Å². The Balaban J connectivity index is 1.32. The van der Waals surface area contributed by atoms with Crippen molar-refractivity contribution in [1.29, 1.82) is 0 Å². The molecular weight excluding hydrogens is 406 g/mol. The molecule has 166 valence electrons. The van der Waals surface area contributed by atoms with E-state index in [9.17, 15) is 19.2 Å². The van der Waals surface area contributed by atoms with Crippen LogP contribution in [0.4, 0.5) is 5.69 Å². The quantitative estimate of drug-likeness (QED) is 0.699. The number of nitrogens with zero attached hydrogens (tertiary/aromatic N) is 2. The maximum atomic E-state index is 12.7. The molecule has 3 amide bonds. The predicted octanol–water partition coefficient (Wildman–Crippen LogP) is 0.596. The summed E-state index contributed by atoms with van der Waals surface area (Å²) < 4.78 is 10.6. The molecule has 1 aromatic carbocycles. The van der Waals surface area contributed by atoms with Gasteiger partial charge >= 0.3 is 5.97 Å². The lowest BCUT2D eigenvalue weighted by atomic mass is 9.96. The zero-order valence-electron chi connectivity index (χ0n) is 17.2. The molecule has 1 aromatic rings. The summed E-state index contributed by atoms with van der Waals surface area (Å²) in [7, 11) is 0. The molecule has 3 aliphatic rings. The highest BCUT2D eigenvalue weighted by Crippen LogP contribution is 2.37. The second-order valence-electron chi connectivity index (χ2n) is 8.11. The Kier molecular flexibility index (Phi) is 5.71. The number of hydrogen-bond acceptors (Lipinski definition) is 6. The van der Waals surface area contributed by atoms with E-state index in [1.165, 1.54) is 4.90 Å². The Morgan fingerprint density at radius 2 is 1.84 bits per heavy atom. The minimum absolute atomic E-state index is 0.0607. The van der Waals surface area contributed by atoms with Crippen molar-refractivity contribution in [3.63, 3.8) is 0 Å². The average molecular weight is 431 g/mol. The fraction of sp³-hybridized carbons (Fsp3) is 0.524. The summed E-state index contributed by atoms with van der Waals surface area (Å²) in [5.41, 5.74) is 0.634. The fourth-order valence-electron chi connectivity index (χ4n) is 4.20. The Labute approximate surface area is 179 Å². The van der Waals surface area contributed by atoms with E-state index >= 15 is 0 Å². The average Bonchev–Trinajstić information content (AvgIpc) is 3.39. The Morgan fingerprint density at radius 3 is 2.55 bits per heavy atom. The Bertz CT molecular complexity index is 910. The minimum atomic E-state index is -0.841. The molecule has 0 aliphatic carbocycles. The monoisotopic (exact) mass is 431 g/mol. The molecule has 0 saturated carbocycles. The number of rotatable bonds is 5. The SMILES string of the molecule is CC(NC(=O)C1CC(=O)N(c2ccc3c(c2)OCO3)C1)C(=O)N1CCC(C(=O)O)CC1. The van der Waals surface area contributed by atoms with Crippen LogP contribution in [0, 0.1) is 11.8 Å². The van der Waals surface area contributed by atoms with E-state index in [0.717, 1.165) is 0 Å². The van der Waals surface area contributed by atoms with Crippen molar-refractivity contribution in [2.75, 3.05) is 31.3 Å². The number of piperidine rings is 1. The molecule has 0 aromatic heterocycles. The first-order chi connectivity index (χ1) is 14.8. The van der Waals surface area contributed by atoms with Crippen LogP contribution >= 0.6 is 0 Å². The molecule has 2 N–H and O–H groups in total. The van der Waals surface area contributed by atoms with Crippen molar-refractivity contribution >= 4 is 29.4 Å². The standard InChI is InChI=1S/C21H25N3O7/c1-12(20(27)23-6-4-13(5-7-23)21(28)29)22-19(26)14-8-18(25)24(10-14)15-2-3-16-17(9-15)31-11-30-16/h2-3,9,12-14H,4-8,10-11H2,1H3,(H,22,26)(H,28,29). The van der Waals surface area contributed by atoms with Gasteiger partial charge in [-0.15, -0.1) is 0 Å². The van der Waals surface area contributed by atoms with Gasteiger partial charge in [-0.2, -0.15) is 0 Å². The van der Waals surface area contributed by atoms with Crippen LogP contribution in [0.3, 0.4) is 0 Å². The zero-order chi connectivity index (χ0) is 22.1. The van der Waals surface area contributed by atoms with E-state index in [-0.39, 0.29) is 37.5 Å². The van der Waals surface area contributed by atoms with E-state index in [1.807, 2.05) is 0 Å². The van der Waals surface area contributed by atoms with Gasteiger partial charge in [0.15, 0.2) is 11.5 Å². The lowest BCUT2D eigenvalue weighted by molar-refractivity contribution is -0.146. The number of fused-ring (bicyclic) bond motifs is 1. The molecule has 2 atom stereocenters. The van der Waals surface area contributed by atoms with Crippen molar-refractivity contribution in [3.8, 4) is 11.5 Å². The van der Waals surface area contributed by atoms with Crippen molar-refractivity contribution in [3.05, 3.63) is 18.2 Å². The van der Waals surface area contributed by atoms with E-state index < -0.39 is 23.8 Å². The number of aliphatic carboxylic acids is 1. The van der Waals surface area contributed by atoms with Gasteiger partial charge in [0.2, 0.25) is 24.5 Å². The normalized spacial score (nSPS) is 21.8. The summed E-state index contributed by atoms with van der Waals surface area (Å²) in [6, 6.07) is 4.45. The number of likely N-dealkylation sites (tertiary alicyclic amines) is 1. The Morgan fingerprint density at radius 1 is 1.13 bits per heavy atom. The van der Waals surface area contributed by atoms with Crippen LogP contribution in [0.2, 0.25) is 0 Å². The smallest absolute Gasteiger partial charge is 0.306 e. The van der Waals surface area contributed by atoms with Gasteiger partial charge in [0.1, 0.15) is 6.04 Å². The van der Waals surface area contributed by atoms with Gasteiger partial charge < -0.3 is 29.7 Å². The largest absolute Gasteiger partial charge is 0.481 e. The highest BCUT2D eigenvalue weighted by Gasteiger charge is 2.37. The van der Waals surface area contributed by atoms with Gasteiger partial charge in [0, 0.05) is 37.8 Å². The summed E-state index contributed by atoms with van der Waals surface area (Å²) >= 11 is 0. The Hall–Kier alpha value is -3.30. The van der Waals surface area contributed by atoms with E-state index in [0.29, 0.717) is 43.1 Å². The van der Waals surface area contributed by atoms with Crippen LogP contribution in [0.1, 0.15) is 26.2 Å². The number of amides is 3. The maximum Gasteiger partial charge on any atom is 0.306 e. The van der Waals surface area contributed by atoms with E-state index in [4.69, 9.17) is 14.6 Å². The van der Waals surface area contributed by atoms with Crippen molar-refractivity contribution in [2.45, 2.75) is 32.2 Å². The number of carboxylic acids is 1. The minimum Gasteiger partial charge on any atom is -0.481 e. The molecule has 4 rings (SSSR count). The molecule has 2 saturated heterocycles. The molecule has 2 fully saturated rings. The summed E-state index contributed by atoms with van der Waals surface area (Å²) in [5, 5.41) is 11.8. The topological polar surface area (TPSA) is 125 Å². The summed E-state index contributed by atoms with van der Waals surface area (Å²) in [6.45, 7) is 2.68. The van der Waals surface area contributed by atoms with Gasteiger partial charge in [-0.3, -0.25) is 19.2 Å². The summed E-state index contributed by atoms with van der Waals surface area (Å²) in [6.07, 6.45) is 0.873. The van der Waals surface area contributed by atoms with Gasteiger partial charge in [0.05, 0.1) is 11.8 Å². The predicted molar refractivity (Wildman–Crippen MR) is 108 cm³/mol.